The predicted molar refractivity (Wildman–Crippen MR) is 96.8 cm³/mol. The lowest BCUT2D eigenvalue weighted by atomic mass is 9.95. The molecule has 25 heavy (non-hydrogen) atoms. The summed E-state index contributed by atoms with van der Waals surface area (Å²) in [5.41, 5.74) is 2.48. The SMILES string of the molecule is C=CCN1C(=O)C(=O)/C(=C(/O)c2ccccc2)C1c1ccc(C)cc1. The second kappa shape index (κ2) is 6.77. The maximum Gasteiger partial charge on any atom is 0.295 e. The van der Waals surface area contributed by atoms with E-state index in [4.69, 9.17) is 0 Å². The number of carbonyl (C=O) groups is 2. The number of likely N-dealkylation sites (tertiary alicyclic amines) is 1. The zero-order valence-electron chi connectivity index (χ0n) is 14.0. The quantitative estimate of drug-likeness (QED) is 0.402. The van der Waals surface area contributed by atoms with Gasteiger partial charge in [-0.3, -0.25) is 9.59 Å². The average Bonchev–Trinajstić information content (AvgIpc) is 2.88. The summed E-state index contributed by atoms with van der Waals surface area (Å²) in [7, 11) is 0. The van der Waals surface area contributed by atoms with Gasteiger partial charge in [-0.15, -0.1) is 6.58 Å². The molecule has 1 aliphatic rings. The van der Waals surface area contributed by atoms with Crippen molar-refractivity contribution in [3.8, 4) is 0 Å². The van der Waals surface area contributed by atoms with Gasteiger partial charge in [-0.25, -0.2) is 0 Å². The normalized spacial score (nSPS) is 19.2. The summed E-state index contributed by atoms with van der Waals surface area (Å²) in [6.07, 6.45) is 1.58. The minimum atomic E-state index is -0.672. The van der Waals surface area contributed by atoms with Gasteiger partial charge in [0.25, 0.3) is 11.7 Å². The van der Waals surface area contributed by atoms with Gasteiger partial charge >= 0.3 is 0 Å². The third kappa shape index (κ3) is 2.98. The molecule has 1 unspecified atom stereocenters. The van der Waals surface area contributed by atoms with Crippen LogP contribution in [0.25, 0.3) is 5.76 Å². The standard InChI is InChI=1S/C21H19NO3/c1-3-13-22-18(15-11-9-14(2)10-12-15)17(20(24)21(22)25)19(23)16-7-5-4-6-8-16/h3-12,18,23H,1,13H2,2H3/b19-17+. The lowest BCUT2D eigenvalue weighted by Gasteiger charge is -2.24. The molecule has 1 N–H and O–H groups in total. The summed E-state index contributed by atoms with van der Waals surface area (Å²) in [5.74, 6) is -1.45. The number of hydrogen-bond donors (Lipinski definition) is 1. The second-order valence-corrected chi connectivity index (χ2v) is 6.02. The monoisotopic (exact) mass is 333 g/mol. The molecule has 1 atom stereocenters. The fraction of sp³-hybridized carbons (Fsp3) is 0.143. The van der Waals surface area contributed by atoms with Crippen LogP contribution in [0.4, 0.5) is 0 Å². The number of carbonyl (C=O) groups excluding carboxylic acids is 2. The number of aliphatic hydroxyl groups excluding tert-OH is 1. The maximum absolute atomic E-state index is 12.6. The third-order valence-corrected chi connectivity index (χ3v) is 4.31. The summed E-state index contributed by atoms with van der Waals surface area (Å²) in [5, 5.41) is 10.7. The van der Waals surface area contributed by atoms with Gasteiger partial charge in [0.15, 0.2) is 0 Å². The molecule has 0 radical (unpaired) electrons. The van der Waals surface area contributed by atoms with Crippen molar-refractivity contribution in [3.63, 3.8) is 0 Å². The molecule has 3 rings (SSSR count). The molecule has 2 aromatic carbocycles. The zero-order chi connectivity index (χ0) is 18.0. The molecule has 4 nitrogen and oxygen atoms in total. The van der Waals surface area contributed by atoms with Gasteiger partial charge in [0.1, 0.15) is 5.76 Å². The number of amides is 1. The Bertz CT molecular complexity index is 850. The number of benzene rings is 2. The van der Waals surface area contributed by atoms with Crippen molar-refractivity contribution >= 4 is 17.4 Å². The highest BCUT2D eigenvalue weighted by Crippen LogP contribution is 2.39. The number of Topliss-reactive ketones (excluding diaryl/α,β-unsaturated/α-hetero) is 1. The smallest absolute Gasteiger partial charge is 0.295 e. The first kappa shape index (κ1) is 16.7. The van der Waals surface area contributed by atoms with Crippen LogP contribution < -0.4 is 0 Å². The van der Waals surface area contributed by atoms with Gasteiger partial charge in [-0.1, -0.05) is 66.2 Å². The Morgan fingerprint density at radius 2 is 1.76 bits per heavy atom. The minimum absolute atomic E-state index is 0.113. The van der Waals surface area contributed by atoms with Crippen molar-refractivity contribution in [2.45, 2.75) is 13.0 Å². The molecular weight excluding hydrogens is 314 g/mol. The lowest BCUT2D eigenvalue weighted by molar-refractivity contribution is -0.139. The van der Waals surface area contributed by atoms with E-state index in [1.54, 1.807) is 30.3 Å². The van der Waals surface area contributed by atoms with Crippen molar-refractivity contribution in [1.82, 2.24) is 4.90 Å². The Morgan fingerprint density at radius 3 is 2.36 bits per heavy atom. The van der Waals surface area contributed by atoms with Gasteiger partial charge in [-0.05, 0) is 12.5 Å². The highest BCUT2D eigenvalue weighted by Gasteiger charge is 2.45. The van der Waals surface area contributed by atoms with E-state index in [-0.39, 0.29) is 17.9 Å². The van der Waals surface area contributed by atoms with Crippen LogP contribution in [0.5, 0.6) is 0 Å². The summed E-state index contributed by atoms with van der Waals surface area (Å²) in [6, 6.07) is 15.8. The fourth-order valence-corrected chi connectivity index (χ4v) is 3.05. The Hall–Kier alpha value is -3.14. The highest BCUT2D eigenvalue weighted by molar-refractivity contribution is 6.46. The number of nitrogens with zero attached hydrogens (tertiary/aromatic N) is 1. The van der Waals surface area contributed by atoms with Gasteiger partial charge in [0, 0.05) is 12.1 Å². The van der Waals surface area contributed by atoms with Crippen LogP contribution in [0.3, 0.4) is 0 Å². The van der Waals surface area contributed by atoms with Crippen molar-refractivity contribution < 1.29 is 14.7 Å². The number of rotatable bonds is 4. The molecule has 4 heteroatoms. The van der Waals surface area contributed by atoms with E-state index in [0.29, 0.717) is 5.56 Å². The maximum atomic E-state index is 12.6. The summed E-state index contributed by atoms with van der Waals surface area (Å²) < 4.78 is 0. The van der Waals surface area contributed by atoms with Crippen LogP contribution in [-0.2, 0) is 9.59 Å². The van der Waals surface area contributed by atoms with Crippen molar-refractivity contribution in [2.24, 2.45) is 0 Å². The van der Waals surface area contributed by atoms with Crippen molar-refractivity contribution in [2.75, 3.05) is 6.54 Å². The van der Waals surface area contributed by atoms with Gasteiger partial charge in [-0.2, -0.15) is 0 Å². The lowest BCUT2D eigenvalue weighted by Crippen LogP contribution is -2.29. The van der Waals surface area contributed by atoms with Crippen LogP contribution >= 0.6 is 0 Å². The summed E-state index contributed by atoms with van der Waals surface area (Å²) in [4.78, 5) is 26.5. The molecule has 0 aromatic heterocycles. The highest BCUT2D eigenvalue weighted by atomic mass is 16.3. The largest absolute Gasteiger partial charge is 0.507 e. The van der Waals surface area contributed by atoms with E-state index in [1.807, 2.05) is 37.3 Å². The number of aryl methyl sites for hydroxylation is 1. The molecule has 1 saturated heterocycles. The number of aliphatic hydroxyl groups is 1. The van der Waals surface area contributed by atoms with Crippen molar-refractivity contribution in [3.05, 3.63) is 89.5 Å². The number of hydrogen-bond acceptors (Lipinski definition) is 3. The van der Waals surface area contributed by atoms with Crippen LogP contribution in [0.2, 0.25) is 0 Å². The van der Waals surface area contributed by atoms with Gasteiger partial charge < -0.3 is 10.0 Å². The fourth-order valence-electron chi connectivity index (χ4n) is 3.05. The van der Waals surface area contributed by atoms with Crippen LogP contribution in [-0.4, -0.2) is 28.2 Å². The molecule has 1 fully saturated rings. The Kier molecular flexibility index (Phi) is 4.52. The molecule has 0 spiro atoms. The average molecular weight is 333 g/mol. The van der Waals surface area contributed by atoms with E-state index in [9.17, 15) is 14.7 Å². The topological polar surface area (TPSA) is 57.6 Å². The predicted octanol–water partition coefficient (Wildman–Crippen LogP) is 3.60. The van der Waals surface area contributed by atoms with Crippen LogP contribution in [0, 0.1) is 6.92 Å². The molecule has 1 amide bonds. The van der Waals surface area contributed by atoms with Crippen LogP contribution in [0.15, 0.2) is 72.8 Å². The van der Waals surface area contributed by atoms with Gasteiger partial charge in [0.05, 0.1) is 11.6 Å². The molecule has 0 saturated carbocycles. The number of ketones is 1. The van der Waals surface area contributed by atoms with Crippen LogP contribution in [0.1, 0.15) is 22.7 Å². The van der Waals surface area contributed by atoms with E-state index >= 15 is 0 Å². The minimum Gasteiger partial charge on any atom is -0.507 e. The Morgan fingerprint density at radius 1 is 1.12 bits per heavy atom. The summed E-state index contributed by atoms with van der Waals surface area (Å²) >= 11 is 0. The first-order valence-corrected chi connectivity index (χ1v) is 8.06. The molecule has 126 valence electrons. The zero-order valence-corrected chi connectivity index (χ0v) is 14.0. The molecule has 1 aliphatic heterocycles. The van der Waals surface area contributed by atoms with E-state index in [0.717, 1.165) is 11.1 Å². The molecule has 0 bridgehead atoms. The third-order valence-electron chi connectivity index (χ3n) is 4.31. The van der Waals surface area contributed by atoms with E-state index in [2.05, 4.69) is 6.58 Å². The van der Waals surface area contributed by atoms with E-state index < -0.39 is 17.7 Å². The van der Waals surface area contributed by atoms with E-state index in [1.165, 1.54) is 4.90 Å². The van der Waals surface area contributed by atoms with Crippen molar-refractivity contribution in [1.29, 1.82) is 0 Å². The molecule has 0 aliphatic carbocycles. The molecular formula is C21H19NO3. The summed E-state index contributed by atoms with van der Waals surface area (Å²) in [6.45, 7) is 5.87. The molecule has 1 heterocycles. The molecule has 2 aromatic rings. The second-order valence-electron chi connectivity index (χ2n) is 6.02. The Labute approximate surface area is 146 Å². The van der Waals surface area contributed by atoms with Gasteiger partial charge in [0.2, 0.25) is 0 Å². The first-order chi connectivity index (χ1) is 12.0. The Balaban J connectivity index is 2.19. The first-order valence-electron chi connectivity index (χ1n) is 8.06.